The van der Waals surface area contributed by atoms with Crippen molar-refractivity contribution in [1.29, 1.82) is 0 Å². The van der Waals surface area contributed by atoms with Crippen LogP contribution in [-0.2, 0) is 6.42 Å². The number of phenols is 1. The third-order valence-electron chi connectivity index (χ3n) is 5.98. The van der Waals surface area contributed by atoms with Crippen LogP contribution in [0, 0.1) is 6.92 Å². The Bertz CT molecular complexity index is 1370. The number of unbranched alkanes of at least 4 members (excludes halogenated alkanes) is 1. The number of aromatic nitrogens is 3. The Balaban J connectivity index is 1.59. The molecule has 1 N–H and O–H groups in total. The lowest BCUT2D eigenvalue weighted by atomic mass is 10.0. The largest absolute Gasteiger partial charge is 0.505 e. The van der Waals surface area contributed by atoms with Crippen molar-refractivity contribution >= 4 is 28.1 Å². The van der Waals surface area contributed by atoms with Crippen molar-refractivity contribution in [1.82, 2.24) is 15.0 Å². The predicted octanol–water partition coefficient (Wildman–Crippen LogP) is 7.25. The van der Waals surface area contributed by atoms with Gasteiger partial charge >= 0.3 is 0 Å². The second-order valence-electron chi connectivity index (χ2n) is 8.56. The van der Waals surface area contributed by atoms with Gasteiger partial charge < -0.3 is 10.0 Å². The summed E-state index contributed by atoms with van der Waals surface area (Å²) >= 11 is 0. The molecule has 0 aliphatic heterocycles. The molecular weight excluding hydrogens is 420 g/mol. The zero-order valence-corrected chi connectivity index (χ0v) is 19.5. The molecule has 4 aromatic carbocycles. The lowest BCUT2D eigenvalue weighted by Gasteiger charge is -2.25. The first-order valence-corrected chi connectivity index (χ1v) is 11.7. The number of aromatic hydroxyl groups is 1. The lowest BCUT2D eigenvalue weighted by molar-refractivity contribution is 0.459. The van der Waals surface area contributed by atoms with Crippen LogP contribution in [0.5, 0.6) is 5.75 Å². The van der Waals surface area contributed by atoms with Gasteiger partial charge in [0.05, 0.1) is 0 Å². The number of hydrogen-bond donors (Lipinski definition) is 1. The molecule has 0 bridgehead atoms. The first-order valence-electron chi connectivity index (χ1n) is 11.7. The van der Waals surface area contributed by atoms with Crippen molar-refractivity contribution in [2.24, 2.45) is 0 Å². The van der Waals surface area contributed by atoms with Crippen molar-refractivity contribution in [3.63, 3.8) is 0 Å². The fraction of sp³-hybridized carbons (Fsp3) is 0.172. The summed E-state index contributed by atoms with van der Waals surface area (Å²) in [7, 11) is 0. The molecular formula is C29H28N4O. The number of nitrogens with zero attached hydrogens (tertiary/aromatic N) is 4. The molecule has 0 spiro atoms. The van der Waals surface area contributed by atoms with E-state index in [2.05, 4.69) is 47.3 Å². The number of benzene rings is 4. The molecule has 0 amide bonds. The molecule has 0 radical (unpaired) electrons. The van der Waals surface area contributed by atoms with Crippen LogP contribution in [0.25, 0.3) is 16.7 Å². The summed E-state index contributed by atoms with van der Waals surface area (Å²) in [5.41, 5.74) is 7.32. The molecule has 0 fully saturated rings. The van der Waals surface area contributed by atoms with Gasteiger partial charge in [-0.25, -0.2) is 0 Å². The van der Waals surface area contributed by atoms with Gasteiger partial charge in [0.15, 0.2) is 0 Å². The minimum atomic E-state index is 0.259. The quantitative estimate of drug-likeness (QED) is 0.285. The van der Waals surface area contributed by atoms with E-state index in [0.717, 1.165) is 58.5 Å². The highest BCUT2D eigenvalue weighted by atomic mass is 16.3. The van der Waals surface area contributed by atoms with Crippen LogP contribution in [0.1, 0.15) is 30.9 Å². The minimum Gasteiger partial charge on any atom is -0.505 e. The summed E-state index contributed by atoms with van der Waals surface area (Å²) in [4.78, 5) is 3.76. The fourth-order valence-corrected chi connectivity index (χ4v) is 4.29. The molecule has 0 saturated carbocycles. The van der Waals surface area contributed by atoms with Gasteiger partial charge in [-0.3, -0.25) is 0 Å². The van der Waals surface area contributed by atoms with Crippen LogP contribution in [0.3, 0.4) is 0 Å². The molecule has 170 valence electrons. The topological polar surface area (TPSA) is 54.2 Å². The van der Waals surface area contributed by atoms with Crippen molar-refractivity contribution in [2.45, 2.75) is 33.1 Å². The second-order valence-corrected chi connectivity index (χ2v) is 8.56. The fourth-order valence-electron chi connectivity index (χ4n) is 4.29. The molecule has 5 heteroatoms. The molecule has 34 heavy (non-hydrogen) atoms. The molecule has 0 aliphatic rings. The summed E-state index contributed by atoms with van der Waals surface area (Å²) in [6.07, 6.45) is 2.95. The third-order valence-corrected chi connectivity index (χ3v) is 5.98. The van der Waals surface area contributed by atoms with Crippen LogP contribution in [0.4, 0.5) is 17.1 Å². The van der Waals surface area contributed by atoms with Crippen LogP contribution >= 0.6 is 0 Å². The molecule has 1 aromatic heterocycles. The highest BCUT2D eigenvalue weighted by Gasteiger charge is 2.16. The van der Waals surface area contributed by atoms with E-state index in [-0.39, 0.29) is 5.75 Å². The molecule has 5 nitrogen and oxygen atoms in total. The Morgan fingerprint density at radius 3 is 2.06 bits per heavy atom. The Morgan fingerprint density at radius 1 is 0.765 bits per heavy atom. The third kappa shape index (κ3) is 4.25. The van der Waals surface area contributed by atoms with Gasteiger partial charge in [0.25, 0.3) is 0 Å². The van der Waals surface area contributed by atoms with E-state index in [4.69, 9.17) is 5.10 Å². The number of hydrogen-bond acceptors (Lipinski definition) is 4. The Hall–Kier alpha value is -4.12. The van der Waals surface area contributed by atoms with E-state index < -0.39 is 0 Å². The van der Waals surface area contributed by atoms with Gasteiger partial charge in [0.2, 0.25) is 0 Å². The minimum absolute atomic E-state index is 0.259. The van der Waals surface area contributed by atoms with Crippen LogP contribution < -0.4 is 4.90 Å². The SMILES string of the molecule is CCCCc1cc(C)cc(-n2nc3ccc(N(c4ccccc4)c4ccccc4)cc3n2)c1O. The van der Waals surface area contributed by atoms with Crippen LogP contribution in [0.15, 0.2) is 91.0 Å². The molecule has 0 saturated heterocycles. The zero-order chi connectivity index (χ0) is 23.5. The van der Waals surface area contributed by atoms with Crippen molar-refractivity contribution in [3.05, 3.63) is 102 Å². The normalized spacial score (nSPS) is 11.1. The number of anilines is 3. The van der Waals surface area contributed by atoms with Gasteiger partial charge in [0.1, 0.15) is 22.5 Å². The van der Waals surface area contributed by atoms with E-state index >= 15 is 0 Å². The highest BCUT2D eigenvalue weighted by Crippen LogP contribution is 2.35. The van der Waals surface area contributed by atoms with Crippen LogP contribution in [-0.4, -0.2) is 20.1 Å². The molecule has 5 rings (SSSR count). The van der Waals surface area contributed by atoms with Gasteiger partial charge in [-0.1, -0.05) is 55.8 Å². The van der Waals surface area contributed by atoms with E-state index in [1.165, 1.54) is 0 Å². The number of fused-ring (bicyclic) bond motifs is 1. The first-order chi connectivity index (χ1) is 16.6. The van der Waals surface area contributed by atoms with Crippen molar-refractivity contribution < 1.29 is 5.11 Å². The Labute approximate surface area is 199 Å². The van der Waals surface area contributed by atoms with Crippen molar-refractivity contribution in [3.8, 4) is 11.4 Å². The molecule has 1 heterocycles. The number of phenolic OH excluding ortho intramolecular Hbond substituents is 1. The maximum atomic E-state index is 10.9. The van der Waals surface area contributed by atoms with Gasteiger partial charge in [-0.05, 0) is 79.4 Å². The van der Waals surface area contributed by atoms with E-state index in [9.17, 15) is 5.11 Å². The maximum Gasteiger partial charge on any atom is 0.146 e. The summed E-state index contributed by atoms with van der Waals surface area (Å²) < 4.78 is 0. The summed E-state index contributed by atoms with van der Waals surface area (Å²) in [5, 5.41) is 20.4. The highest BCUT2D eigenvalue weighted by molar-refractivity contribution is 5.84. The average molecular weight is 449 g/mol. The predicted molar refractivity (Wildman–Crippen MR) is 139 cm³/mol. The summed E-state index contributed by atoms with van der Waals surface area (Å²) in [5.74, 6) is 0.259. The number of para-hydroxylation sites is 2. The number of rotatable bonds is 7. The second kappa shape index (κ2) is 9.40. The van der Waals surface area contributed by atoms with Gasteiger partial charge in [-0.2, -0.15) is 0 Å². The first kappa shape index (κ1) is 21.7. The molecule has 0 unspecified atom stereocenters. The maximum absolute atomic E-state index is 10.9. The van der Waals surface area contributed by atoms with E-state index in [1.54, 1.807) is 4.80 Å². The monoisotopic (exact) mass is 448 g/mol. The summed E-state index contributed by atoms with van der Waals surface area (Å²) in [6.45, 7) is 4.19. The lowest BCUT2D eigenvalue weighted by Crippen LogP contribution is -2.09. The van der Waals surface area contributed by atoms with Gasteiger partial charge in [0, 0.05) is 17.1 Å². The van der Waals surface area contributed by atoms with Crippen LogP contribution in [0.2, 0.25) is 0 Å². The smallest absolute Gasteiger partial charge is 0.146 e. The summed E-state index contributed by atoms with van der Waals surface area (Å²) in [6, 6.07) is 30.6. The standard InChI is InChI=1S/C29H28N4O/c1-3-4-11-22-18-21(2)19-28(29(22)34)33-30-26-17-16-25(20-27(26)31-33)32(23-12-7-5-8-13-23)24-14-9-6-10-15-24/h5-10,12-20,34H,3-4,11H2,1-2H3. The molecule has 5 aromatic rings. The molecule has 0 aliphatic carbocycles. The molecule has 0 atom stereocenters. The van der Waals surface area contributed by atoms with E-state index in [1.807, 2.05) is 67.6 Å². The van der Waals surface area contributed by atoms with E-state index in [0.29, 0.717) is 5.69 Å². The zero-order valence-electron chi connectivity index (χ0n) is 19.5. The number of aryl methyl sites for hydroxylation is 2. The van der Waals surface area contributed by atoms with Gasteiger partial charge in [-0.15, -0.1) is 15.0 Å². The Kier molecular flexibility index (Phi) is 6.00. The van der Waals surface area contributed by atoms with Crippen molar-refractivity contribution in [2.75, 3.05) is 4.90 Å². The average Bonchev–Trinajstić information content (AvgIpc) is 3.29. The Morgan fingerprint density at radius 2 is 1.41 bits per heavy atom.